The van der Waals surface area contributed by atoms with Gasteiger partial charge in [0.05, 0.1) is 31.4 Å². The Bertz CT molecular complexity index is 1120. The molecule has 2 aromatic carbocycles. The number of anilines is 2. The normalized spacial score (nSPS) is 16.5. The molecule has 0 aromatic heterocycles. The molecule has 1 saturated heterocycles. The molecule has 1 unspecified atom stereocenters. The first-order valence-corrected chi connectivity index (χ1v) is 10.3. The van der Waals surface area contributed by atoms with Gasteiger partial charge in [0, 0.05) is 44.9 Å². The van der Waals surface area contributed by atoms with Crippen molar-refractivity contribution in [3.8, 4) is 23.0 Å². The van der Waals surface area contributed by atoms with Gasteiger partial charge >= 0.3 is 0 Å². The van der Waals surface area contributed by atoms with Crippen LogP contribution in [0.4, 0.5) is 11.4 Å². The van der Waals surface area contributed by atoms with E-state index in [1.165, 1.54) is 25.2 Å². The smallest absolute Gasteiger partial charge is 0.255 e. The second-order valence-electron chi connectivity index (χ2n) is 7.88. The minimum atomic E-state index is -0.599. The maximum Gasteiger partial charge on any atom is 0.255 e. The fourth-order valence-corrected chi connectivity index (χ4v) is 3.82. The van der Waals surface area contributed by atoms with E-state index >= 15 is 0 Å². The zero-order valence-electron chi connectivity index (χ0n) is 18.8. The van der Waals surface area contributed by atoms with Gasteiger partial charge in [-0.05, 0) is 18.2 Å². The summed E-state index contributed by atoms with van der Waals surface area (Å²) in [7, 11) is 6.16. The summed E-state index contributed by atoms with van der Waals surface area (Å²) in [5.74, 6) is 0.460. The molecule has 2 aliphatic rings. The first-order chi connectivity index (χ1) is 15.8. The number of benzene rings is 2. The number of hydrogen-bond acceptors (Lipinski definition) is 7. The van der Waals surface area contributed by atoms with Crippen molar-refractivity contribution in [1.82, 2.24) is 4.90 Å². The van der Waals surface area contributed by atoms with Crippen LogP contribution in [0.5, 0.6) is 23.0 Å². The van der Waals surface area contributed by atoms with Crippen molar-refractivity contribution in [2.75, 3.05) is 51.9 Å². The third kappa shape index (κ3) is 4.23. The molecule has 1 N–H and O–H groups in total. The molecule has 174 valence electrons. The van der Waals surface area contributed by atoms with Gasteiger partial charge in [-0.15, -0.1) is 0 Å². The molecule has 10 heteroatoms. The van der Waals surface area contributed by atoms with Gasteiger partial charge in [-0.2, -0.15) is 0 Å². The fourth-order valence-electron chi connectivity index (χ4n) is 3.82. The van der Waals surface area contributed by atoms with Crippen molar-refractivity contribution in [2.45, 2.75) is 6.42 Å². The first kappa shape index (κ1) is 22.3. The van der Waals surface area contributed by atoms with E-state index in [1.54, 1.807) is 43.3 Å². The SMILES string of the molecule is COc1cc(NC(=O)C2CC(=O)N(c3ccc4c(c3)OCO4)C2)c(C(=O)N(C)C)cc1OC. The van der Waals surface area contributed by atoms with Crippen LogP contribution in [0.3, 0.4) is 0 Å². The van der Waals surface area contributed by atoms with Gasteiger partial charge in [-0.3, -0.25) is 14.4 Å². The summed E-state index contributed by atoms with van der Waals surface area (Å²) >= 11 is 0. The number of carbonyl (C=O) groups is 3. The van der Waals surface area contributed by atoms with Crippen molar-refractivity contribution < 1.29 is 33.3 Å². The number of fused-ring (bicyclic) bond motifs is 1. The standard InChI is InChI=1S/C23H25N3O7/c1-25(2)23(29)15-9-18(30-3)19(31-4)10-16(15)24-22(28)13-7-21(27)26(11-13)14-5-6-17-20(8-14)33-12-32-17/h5-6,8-10,13H,7,11-12H2,1-4H3,(H,24,28). The highest BCUT2D eigenvalue weighted by molar-refractivity contribution is 6.07. The van der Waals surface area contributed by atoms with E-state index < -0.39 is 5.92 Å². The van der Waals surface area contributed by atoms with E-state index in [0.717, 1.165) is 0 Å². The molecular formula is C23H25N3O7. The molecule has 0 saturated carbocycles. The highest BCUT2D eigenvalue weighted by atomic mass is 16.7. The lowest BCUT2D eigenvalue weighted by Gasteiger charge is -2.19. The average Bonchev–Trinajstić information content (AvgIpc) is 3.43. The van der Waals surface area contributed by atoms with Crippen LogP contribution in [0, 0.1) is 5.92 Å². The summed E-state index contributed by atoms with van der Waals surface area (Å²) in [5, 5.41) is 2.80. The second kappa shape index (κ2) is 8.89. The number of nitrogens with one attached hydrogen (secondary N) is 1. The average molecular weight is 455 g/mol. The maximum absolute atomic E-state index is 13.1. The topological polar surface area (TPSA) is 107 Å². The predicted molar refractivity (Wildman–Crippen MR) is 119 cm³/mol. The molecule has 0 bridgehead atoms. The Morgan fingerprint density at radius 2 is 1.76 bits per heavy atom. The molecule has 0 aliphatic carbocycles. The molecule has 0 radical (unpaired) electrons. The molecule has 2 aliphatic heterocycles. The Morgan fingerprint density at radius 3 is 2.45 bits per heavy atom. The number of carbonyl (C=O) groups excluding carboxylic acids is 3. The van der Waals surface area contributed by atoms with E-state index in [9.17, 15) is 14.4 Å². The summed E-state index contributed by atoms with van der Waals surface area (Å²) in [4.78, 5) is 41.4. The number of nitrogens with zero attached hydrogens (tertiary/aromatic N) is 2. The maximum atomic E-state index is 13.1. The van der Waals surface area contributed by atoms with Crippen LogP contribution in [0.15, 0.2) is 30.3 Å². The van der Waals surface area contributed by atoms with Gasteiger partial charge in [0.1, 0.15) is 0 Å². The van der Waals surface area contributed by atoms with E-state index in [0.29, 0.717) is 28.7 Å². The van der Waals surface area contributed by atoms with Crippen LogP contribution in [0.25, 0.3) is 0 Å². The molecule has 33 heavy (non-hydrogen) atoms. The van der Waals surface area contributed by atoms with Crippen molar-refractivity contribution >= 4 is 29.1 Å². The van der Waals surface area contributed by atoms with E-state index in [2.05, 4.69) is 5.32 Å². The van der Waals surface area contributed by atoms with Gasteiger partial charge in [0.15, 0.2) is 23.0 Å². The van der Waals surface area contributed by atoms with Crippen LogP contribution in [0.2, 0.25) is 0 Å². The summed E-state index contributed by atoms with van der Waals surface area (Å²) in [6, 6.07) is 8.28. The van der Waals surface area contributed by atoms with E-state index in [-0.39, 0.29) is 48.7 Å². The highest BCUT2D eigenvalue weighted by Crippen LogP contribution is 2.38. The number of ether oxygens (including phenoxy) is 4. The molecule has 2 heterocycles. The number of methoxy groups -OCH3 is 2. The zero-order valence-corrected chi connectivity index (χ0v) is 18.8. The van der Waals surface area contributed by atoms with Gasteiger partial charge in [-0.1, -0.05) is 0 Å². The lowest BCUT2D eigenvalue weighted by molar-refractivity contribution is -0.122. The number of amides is 3. The molecule has 1 atom stereocenters. The Hall–Kier alpha value is -3.95. The number of rotatable bonds is 6. The number of hydrogen-bond donors (Lipinski definition) is 1. The first-order valence-electron chi connectivity index (χ1n) is 10.3. The molecule has 10 nitrogen and oxygen atoms in total. The van der Waals surface area contributed by atoms with Crippen molar-refractivity contribution in [2.24, 2.45) is 5.92 Å². The van der Waals surface area contributed by atoms with Crippen LogP contribution in [-0.4, -0.2) is 64.3 Å². The van der Waals surface area contributed by atoms with Crippen molar-refractivity contribution in [3.05, 3.63) is 35.9 Å². The summed E-state index contributed by atoms with van der Waals surface area (Å²) < 4.78 is 21.3. The minimum Gasteiger partial charge on any atom is -0.493 e. The van der Waals surface area contributed by atoms with Crippen LogP contribution < -0.4 is 29.2 Å². The monoisotopic (exact) mass is 455 g/mol. The lowest BCUT2D eigenvalue weighted by atomic mass is 10.1. The lowest BCUT2D eigenvalue weighted by Crippen LogP contribution is -2.29. The van der Waals surface area contributed by atoms with E-state index in [4.69, 9.17) is 18.9 Å². The van der Waals surface area contributed by atoms with Gasteiger partial charge in [0.2, 0.25) is 18.6 Å². The molecule has 1 fully saturated rings. The molecule has 4 rings (SSSR count). The van der Waals surface area contributed by atoms with Crippen molar-refractivity contribution in [3.63, 3.8) is 0 Å². The predicted octanol–water partition coefficient (Wildman–Crippen LogP) is 2.13. The summed E-state index contributed by atoms with van der Waals surface area (Å²) in [5.41, 5.74) is 1.17. The summed E-state index contributed by atoms with van der Waals surface area (Å²) in [6.07, 6.45) is 0.0462. The van der Waals surface area contributed by atoms with E-state index in [1.807, 2.05) is 0 Å². The second-order valence-corrected chi connectivity index (χ2v) is 7.88. The van der Waals surface area contributed by atoms with Gasteiger partial charge in [-0.25, -0.2) is 0 Å². The minimum absolute atomic E-state index is 0.0462. The Balaban J connectivity index is 1.56. The zero-order chi connectivity index (χ0) is 23.7. The van der Waals surface area contributed by atoms with Crippen LogP contribution in [-0.2, 0) is 9.59 Å². The molecule has 0 spiro atoms. The summed E-state index contributed by atoms with van der Waals surface area (Å²) in [6.45, 7) is 0.339. The van der Waals surface area contributed by atoms with Gasteiger partial charge < -0.3 is 34.1 Å². The Labute approximate surface area is 190 Å². The fraction of sp³-hybridized carbons (Fsp3) is 0.348. The van der Waals surface area contributed by atoms with Crippen LogP contribution in [0.1, 0.15) is 16.8 Å². The molecule has 2 aromatic rings. The molecular weight excluding hydrogens is 430 g/mol. The van der Waals surface area contributed by atoms with Gasteiger partial charge in [0.25, 0.3) is 5.91 Å². The Kier molecular flexibility index (Phi) is 5.99. The highest BCUT2D eigenvalue weighted by Gasteiger charge is 2.36. The van der Waals surface area contributed by atoms with Crippen LogP contribution >= 0.6 is 0 Å². The largest absolute Gasteiger partial charge is 0.493 e. The third-order valence-electron chi connectivity index (χ3n) is 5.58. The molecule has 3 amide bonds. The van der Waals surface area contributed by atoms with Crippen molar-refractivity contribution in [1.29, 1.82) is 0 Å². The quantitative estimate of drug-likeness (QED) is 0.711. The Morgan fingerprint density at radius 1 is 1.06 bits per heavy atom. The third-order valence-corrected chi connectivity index (χ3v) is 5.58.